The van der Waals surface area contributed by atoms with Crippen LogP contribution in [0, 0.1) is 11.3 Å². The highest BCUT2D eigenvalue weighted by atomic mass is 79.9. The zero-order valence-corrected chi connectivity index (χ0v) is 12.8. The molecule has 0 amide bonds. The highest BCUT2D eigenvalue weighted by Gasteiger charge is 2.16. The minimum absolute atomic E-state index is 0. The first-order valence-electron chi connectivity index (χ1n) is 3.54. The van der Waals surface area contributed by atoms with Crippen LogP contribution in [0.2, 0.25) is 0 Å². The fourth-order valence-electron chi connectivity index (χ4n) is 0.706. The van der Waals surface area contributed by atoms with Crippen LogP contribution in [0.1, 0.15) is 4.88 Å². The molecule has 0 radical (unpaired) electrons. The van der Waals surface area contributed by atoms with Crippen LogP contribution in [0.15, 0.2) is 8.26 Å². The summed E-state index contributed by atoms with van der Waals surface area (Å²) < 4.78 is 6.23. The number of halogens is 3. The Morgan fingerprint density at radius 2 is 2.06 bits per heavy atom. The molecule has 0 atom stereocenters. The van der Waals surface area contributed by atoms with Crippen molar-refractivity contribution in [2.75, 3.05) is 6.61 Å². The molecule has 0 bridgehead atoms. The van der Waals surface area contributed by atoms with Gasteiger partial charge in [0.05, 0.1) is 8.26 Å². The van der Waals surface area contributed by atoms with E-state index in [1.54, 1.807) is 0 Å². The predicted molar refractivity (Wildman–Crippen MR) is 70.8 cm³/mol. The summed E-state index contributed by atoms with van der Waals surface area (Å²) in [5.74, 6) is 2.69. The lowest BCUT2D eigenvalue weighted by Gasteiger charge is -2.00. The molecule has 0 unspecified atom stereocenters. The maximum atomic E-state index is 10.3. The Morgan fingerprint density at radius 3 is 2.47 bits per heavy atom. The molecule has 1 aromatic rings. The number of nitriles is 1. The maximum Gasteiger partial charge on any atom is 0.341 e. The molecule has 4 N–H and O–H groups in total. The Labute approximate surface area is 124 Å². The van der Waals surface area contributed by atoms with E-state index in [0.29, 0.717) is 13.1 Å². The van der Waals surface area contributed by atoms with Gasteiger partial charge in [-0.15, -0.1) is 23.7 Å². The molecule has 0 fully saturated rings. The topological polar surface area (TPSA) is 117 Å². The van der Waals surface area contributed by atoms with Gasteiger partial charge >= 0.3 is 5.97 Å². The molecule has 1 rings (SSSR count). The van der Waals surface area contributed by atoms with Crippen LogP contribution in [-0.4, -0.2) is 22.9 Å². The van der Waals surface area contributed by atoms with Gasteiger partial charge in [-0.25, -0.2) is 10.7 Å². The summed E-state index contributed by atoms with van der Waals surface area (Å²) in [5.41, 5.74) is 0. The third-order valence-corrected chi connectivity index (χ3v) is 4.51. The van der Waals surface area contributed by atoms with Gasteiger partial charge in [-0.1, -0.05) is 0 Å². The smallest absolute Gasteiger partial charge is 0.341 e. The lowest BCUT2D eigenvalue weighted by atomic mass is 10.4. The van der Waals surface area contributed by atoms with E-state index in [2.05, 4.69) is 37.8 Å². The van der Waals surface area contributed by atoms with E-state index in [1.807, 2.05) is 6.07 Å². The minimum Gasteiger partial charge on any atom is -0.479 e. The molecule has 1 heterocycles. The van der Waals surface area contributed by atoms with Crippen molar-refractivity contribution in [1.82, 2.24) is 0 Å². The van der Waals surface area contributed by atoms with Crippen molar-refractivity contribution in [2.24, 2.45) is 5.90 Å². The fourth-order valence-corrected chi connectivity index (χ4v) is 2.72. The summed E-state index contributed by atoms with van der Waals surface area (Å²) in [7, 11) is 0. The molecule has 0 aliphatic rings. The molecule has 6 nitrogen and oxygen atoms in total. The van der Waals surface area contributed by atoms with Crippen LogP contribution in [0.5, 0.6) is 5.75 Å². The van der Waals surface area contributed by atoms with Crippen LogP contribution < -0.4 is 10.6 Å². The highest BCUT2D eigenvalue weighted by molar-refractivity contribution is 9.13. The summed E-state index contributed by atoms with van der Waals surface area (Å²) in [6.45, 7) is -0.462. The number of nitrogens with two attached hydrogens (primary N) is 1. The van der Waals surface area contributed by atoms with Gasteiger partial charge in [0.15, 0.2) is 12.4 Å². The average Bonchev–Trinajstić information content (AvgIpc) is 2.55. The van der Waals surface area contributed by atoms with Gasteiger partial charge in [-0.3, -0.25) is 0 Å². The molecule has 96 valence electrons. The molecular formula is C7H7Br2ClN2O4S. The van der Waals surface area contributed by atoms with Gasteiger partial charge < -0.3 is 15.1 Å². The van der Waals surface area contributed by atoms with Gasteiger partial charge in [0.2, 0.25) is 0 Å². The van der Waals surface area contributed by atoms with E-state index in [1.165, 1.54) is 11.3 Å². The summed E-state index contributed by atoms with van der Waals surface area (Å²) in [4.78, 5) is 10.6. The van der Waals surface area contributed by atoms with Crippen LogP contribution in [0.25, 0.3) is 0 Å². The molecular weight excluding hydrogens is 403 g/mol. The summed E-state index contributed by atoms with van der Waals surface area (Å²) in [6, 6.07) is 1.92. The highest BCUT2D eigenvalue weighted by Crippen LogP contribution is 2.42. The minimum atomic E-state index is -1.08. The van der Waals surface area contributed by atoms with Crippen LogP contribution in [-0.2, 0) is 4.79 Å². The molecule has 0 saturated carbocycles. The number of ether oxygens (including phenoxy) is 1. The first-order valence-corrected chi connectivity index (χ1v) is 5.94. The standard InChI is InChI=1S/C7H3Br2NO3S.ClH.H3NO/c8-5-6(13-2-4(11)12)3(1-10)14-7(5)9;;1-2/h2H2,(H,11,12);1H;2H,1H2. The average molecular weight is 410 g/mol. The van der Waals surface area contributed by atoms with Crippen LogP contribution in [0.3, 0.4) is 0 Å². The van der Waals surface area contributed by atoms with Gasteiger partial charge in [-0.05, 0) is 31.9 Å². The SMILES string of the molecule is Cl.N#Cc1sc(Br)c(Br)c1OCC(=O)O.NO. The number of hydrogen-bond donors (Lipinski definition) is 3. The molecule has 0 aliphatic heterocycles. The lowest BCUT2D eigenvalue weighted by Crippen LogP contribution is -2.09. The number of carboxylic acid groups (broad SMARTS) is 1. The van der Waals surface area contributed by atoms with E-state index in [0.717, 1.165) is 0 Å². The molecule has 0 saturated heterocycles. The number of carboxylic acids is 1. The summed E-state index contributed by atoms with van der Waals surface area (Å²) in [6.07, 6.45) is 0. The van der Waals surface area contributed by atoms with E-state index in [9.17, 15) is 4.79 Å². The third-order valence-electron chi connectivity index (χ3n) is 1.21. The largest absolute Gasteiger partial charge is 0.479 e. The normalized spacial score (nSPS) is 8.18. The van der Waals surface area contributed by atoms with Crippen molar-refractivity contribution < 1.29 is 19.8 Å². The summed E-state index contributed by atoms with van der Waals surface area (Å²) in [5, 5.41) is 23.6. The fraction of sp³-hybridized carbons (Fsp3) is 0.143. The number of hydrogen-bond acceptors (Lipinski definition) is 6. The maximum absolute atomic E-state index is 10.3. The zero-order chi connectivity index (χ0) is 12.7. The van der Waals surface area contributed by atoms with Crippen molar-refractivity contribution in [2.45, 2.75) is 0 Å². The zero-order valence-electron chi connectivity index (χ0n) is 8.02. The molecule has 10 heteroatoms. The van der Waals surface area contributed by atoms with Crippen LogP contribution in [0.4, 0.5) is 0 Å². The second-order valence-corrected chi connectivity index (χ2v) is 5.27. The predicted octanol–water partition coefficient (Wildman–Crippen LogP) is 2.36. The van der Waals surface area contributed by atoms with Crippen molar-refractivity contribution in [3.05, 3.63) is 13.1 Å². The number of thiophene rings is 1. The second-order valence-electron chi connectivity index (χ2n) is 2.14. The molecule has 1 aromatic heterocycles. The van der Waals surface area contributed by atoms with Crippen molar-refractivity contribution >= 4 is 61.6 Å². The Bertz CT molecular complexity index is 421. The molecule has 0 spiro atoms. The monoisotopic (exact) mass is 408 g/mol. The molecule has 0 aromatic carbocycles. The second kappa shape index (κ2) is 9.64. The quantitative estimate of drug-likeness (QED) is 0.659. The van der Waals surface area contributed by atoms with E-state index >= 15 is 0 Å². The van der Waals surface area contributed by atoms with Gasteiger partial charge in [0.25, 0.3) is 0 Å². The van der Waals surface area contributed by atoms with Crippen LogP contribution >= 0.6 is 55.6 Å². The van der Waals surface area contributed by atoms with E-state index in [-0.39, 0.29) is 18.2 Å². The first kappa shape index (κ1) is 19.0. The van der Waals surface area contributed by atoms with Gasteiger partial charge in [-0.2, -0.15) is 5.26 Å². The van der Waals surface area contributed by atoms with Gasteiger partial charge in [0.1, 0.15) is 10.9 Å². The number of aliphatic carboxylic acids is 1. The van der Waals surface area contributed by atoms with Gasteiger partial charge in [0, 0.05) is 0 Å². The van der Waals surface area contributed by atoms with E-state index < -0.39 is 12.6 Å². The van der Waals surface area contributed by atoms with E-state index in [4.69, 9.17) is 20.3 Å². The Kier molecular flexibility index (Phi) is 10.8. The van der Waals surface area contributed by atoms with Crippen molar-refractivity contribution in [3.63, 3.8) is 0 Å². The van der Waals surface area contributed by atoms with Crippen molar-refractivity contribution in [3.8, 4) is 11.8 Å². The number of carbonyl (C=O) groups is 1. The first-order chi connectivity index (χ1) is 7.56. The third kappa shape index (κ3) is 5.67. The Hall–Kier alpha value is -0.370. The number of rotatable bonds is 3. The molecule has 0 aliphatic carbocycles. The Morgan fingerprint density at radius 1 is 1.53 bits per heavy atom. The Balaban J connectivity index is 0. The molecule has 17 heavy (non-hydrogen) atoms. The van der Waals surface area contributed by atoms with Crippen molar-refractivity contribution in [1.29, 1.82) is 5.26 Å². The lowest BCUT2D eigenvalue weighted by molar-refractivity contribution is -0.139. The summed E-state index contributed by atoms with van der Waals surface area (Å²) >= 11 is 7.58. The number of nitrogens with zero attached hydrogens (tertiary/aromatic N) is 1.